The Morgan fingerprint density at radius 1 is 1.27 bits per heavy atom. The number of ether oxygens (including phenoxy) is 1. The number of methoxy groups -OCH3 is 1. The van der Waals surface area contributed by atoms with Crippen molar-refractivity contribution in [2.75, 3.05) is 26.8 Å². The van der Waals surface area contributed by atoms with Crippen LogP contribution >= 0.6 is 0 Å². The van der Waals surface area contributed by atoms with E-state index in [0.717, 1.165) is 32.0 Å². The van der Waals surface area contributed by atoms with Gasteiger partial charge in [0, 0.05) is 20.3 Å². The summed E-state index contributed by atoms with van der Waals surface area (Å²) in [4.78, 5) is 0. The average Bonchev–Trinajstić information content (AvgIpc) is 2.14. The number of hydrogen-bond acceptors (Lipinski definition) is 2. The van der Waals surface area contributed by atoms with Crippen molar-refractivity contribution in [2.45, 2.75) is 47.0 Å². The first-order valence-corrected chi connectivity index (χ1v) is 6.17. The van der Waals surface area contributed by atoms with Crippen LogP contribution in [0.25, 0.3) is 0 Å². The molecule has 0 saturated carbocycles. The van der Waals surface area contributed by atoms with Gasteiger partial charge in [-0.1, -0.05) is 27.7 Å². The molecule has 1 N–H and O–H groups in total. The Kier molecular flexibility index (Phi) is 8.07. The lowest BCUT2D eigenvalue weighted by molar-refractivity contribution is 0.151. The summed E-state index contributed by atoms with van der Waals surface area (Å²) in [5.41, 5.74) is 0.355. The maximum atomic E-state index is 5.11. The van der Waals surface area contributed by atoms with Gasteiger partial charge in [-0.2, -0.15) is 0 Å². The van der Waals surface area contributed by atoms with Crippen molar-refractivity contribution >= 4 is 0 Å². The van der Waals surface area contributed by atoms with E-state index in [9.17, 15) is 0 Å². The smallest absolute Gasteiger partial charge is 0.0467 e. The second kappa shape index (κ2) is 8.12. The summed E-state index contributed by atoms with van der Waals surface area (Å²) >= 11 is 0. The molecule has 92 valence electrons. The molecule has 0 unspecified atom stereocenters. The Bertz CT molecular complexity index is 143. The van der Waals surface area contributed by atoms with Crippen molar-refractivity contribution in [1.82, 2.24) is 5.32 Å². The molecule has 0 aliphatic rings. The van der Waals surface area contributed by atoms with Crippen LogP contribution in [-0.2, 0) is 4.74 Å². The first-order chi connectivity index (χ1) is 6.98. The normalized spacial score (nSPS) is 12.4. The quantitative estimate of drug-likeness (QED) is 0.597. The van der Waals surface area contributed by atoms with Crippen LogP contribution in [0.3, 0.4) is 0 Å². The third kappa shape index (κ3) is 10.2. The van der Waals surface area contributed by atoms with Crippen molar-refractivity contribution in [3.8, 4) is 0 Å². The number of nitrogens with one attached hydrogen (secondary N) is 1. The van der Waals surface area contributed by atoms with E-state index in [4.69, 9.17) is 4.74 Å². The highest BCUT2D eigenvalue weighted by atomic mass is 16.5. The fraction of sp³-hybridized carbons (Fsp3) is 1.00. The minimum Gasteiger partial charge on any atom is -0.385 e. The van der Waals surface area contributed by atoms with Gasteiger partial charge in [0.2, 0.25) is 0 Å². The highest BCUT2D eigenvalue weighted by Crippen LogP contribution is 2.18. The number of hydrogen-bond donors (Lipinski definition) is 1. The Hall–Kier alpha value is -0.0800. The van der Waals surface area contributed by atoms with Crippen molar-refractivity contribution in [3.63, 3.8) is 0 Å². The van der Waals surface area contributed by atoms with E-state index < -0.39 is 0 Å². The van der Waals surface area contributed by atoms with Crippen LogP contribution in [-0.4, -0.2) is 26.8 Å². The predicted molar refractivity (Wildman–Crippen MR) is 67.2 cm³/mol. The minimum atomic E-state index is 0.355. The molecule has 0 rings (SSSR count). The van der Waals surface area contributed by atoms with Gasteiger partial charge in [-0.25, -0.2) is 0 Å². The monoisotopic (exact) mass is 215 g/mol. The standard InChI is InChI=1S/C13H29NO/c1-12(2)7-6-9-14-11-13(3,4)8-10-15-5/h12,14H,6-11H2,1-5H3. The maximum Gasteiger partial charge on any atom is 0.0467 e. The number of rotatable bonds is 9. The highest BCUT2D eigenvalue weighted by molar-refractivity contribution is 4.71. The molecular weight excluding hydrogens is 186 g/mol. The molecule has 15 heavy (non-hydrogen) atoms. The Balaban J connectivity index is 3.40. The average molecular weight is 215 g/mol. The fourth-order valence-corrected chi connectivity index (χ4v) is 1.53. The third-order valence-electron chi connectivity index (χ3n) is 2.72. The molecule has 0 aliphatic heterocycles. The van der Waals surface area contributed by atoms with Gasteiger partial charge in [-0.05, 0) is 37.1 Å². The lowest BCUT2D eigenvalue weighted by Crippen LogP contribution is -2.31. The van der Waals surface area contributed by atoms with Crippen molar-refractivity contribution in [3.05, 3.63) is 0 Å². The van der Waals surface area contributed by atoms with Gasteiger partial charge in [0.1, 0.15) is 0 Å². The van der Waals surface area contributed by atoms with E-state index in [-0.39, 0.29) is 0 Å². The molecule has 0 aliphatic carbocycles. The lowest BCUT2D eigenvalue weighted by atomic mass is 9.89. The van der Waals surface area contributed by atoms with Gasteiger partial charge in [0.15, 0.2) is 0 Å². The molecule has 0 amide bonds. The SMILES string of the molecule is COCCC(C)(C)CNCCCC(C)C. The molecular formula is C13H29NO. The van der Waals surface area contributed by atoms with E-state index >= 15 is 0 Å². The van der Waals surface area contributed by atoms with Crippen LogP contribution in [0.1, 0.15) is 47.0 Å². The zero-order valence-electron chi connectivity index (χ0n) is 11.2. The highest BCUT2D eigenvalue weighted by Gasteiger charge is 2.16. The lowest BCUT2D eigenvalue weighted by Gasteiger charge is -2.24. The van der Waals surface area contributed by atoms with Crippen molar-refractivity contribution in [1.29, 1.82) is 0 Å². The molecule has 0 spiro atoms. The molecule has 0 radical (unpaired) electrons. The van der Waals surface area contributed by atoms with Crippen LogP contribution in [0.2, 0.25) is 0 Å². The van der Waals surface area contributed by atoms with Crippen LogP contribution in [0.5, 0.6) is 0 Å². The van der Waals surface area contributed by atoms with Crippen molar-refractivity contribution < 1.29 is 4.74 Å². The molecule has 0 aromatic heterocycles. The molecule has 0 saturated heterocycles. The second-order valence-electron chi connectivity index (χ2n) is 5.62. The second-order valence-corrected chi connectivity index (χ2v) is 5.62. The van der Waals surface area contributed by atoms with Crippen LogP contribution < -0.4 is 5.32 Å². The molecule has 0 aromatic rings. The predicted octanol–water partition coefficient (Wildman–Crippen LogP) is 3.07. The van der Waals surface area contributed by atoms with Crippen LogP contribution in [0.15, 0.2) is 0 Å². The van der Waals surface area contributed by atoms with Gasteiger partial charge in [0.05, 0.1) is 0 Å². The van der Waals surface area contributed by atoms with E-state index in [1.807, 2.05) is 0 Å². The van der Waals surface area contributed by atoms with Crippen LogP contribution in [0.4, 0.5) is 0 Å². The first kappa shape index (κ1) is 14.9. The van der Waals surface area contributed by atoms with Crippen LogP contribution in [0, 0.1) is 11.3 Å². The summed E-state index contributed by atoms with van der Waals surface area (Å²) in [7, 11) is 1.77. The molecule has 2 nitrogen and oxygen atoms in total. The van der Waals surface area contributed by atoms with E-state index in [1.165, 1.54) is 12.8 Å². The van der Waals surface area contributed by atoms with Gasteiger partial charge in [-0.15, -0.1) is 0 Å². The minimum absolute atomic E-state index is 0.355. The zero-order valence-corrected chi connectivity index (χ0v) is 11.2. The largest absolute Gasteiger partial charge is 0.385 e. The molecule has 0 bridgehead atoms. The van der Waals surface area contributed by atoms with E-state index in [2.05, 4.69) is 33.0 Å². The molecule has 0 heterocycles. The summed E-state index contributed by atoms with van der Waals surface area (Å²) in [6, 6.07) is 0. The summed E-state index contributed by atoms with van der Waals surface area (Å²) in [5.74, 6) is 0.827. The summed E-state index contributed by atoms with van der Waals surface area (Å²) in [5, 5.41) is 3.53. The third-order valence-corrected chi connectivity index (χ3v) is 2.72. The van der Waals surface area contributed by atoms with Gasteiger partial charge in [0.25, 0.3) is 0 Å². The van der Waals surface area contributed by atoms with E-state index in [1.54, 1.807) is 7.11 Å². The van der Waals surface area contributed by atoms with Gasteiger partial charge in [-0.3, -0.25) is 0 Å². The Labute approximate surface area is 95.8 Å². The zero-order chi connectivity index (χ0) is 11.7. The van der Waals surface area contributed by atoms with Gasteiger partial charge >= 0.3 is 0 Å². The van der Waals surface area contributed by atoms with Crippen molar-refractivity contribution in [2.24, 2.45) is 11.3 Å². The molecule has 0 fully saturated rings. The first-order valence-electron chi connectivity index (χ1n) is 6.17. The summed E-state index contributed by atoms with van der Waals surface area (Å²) in [6.45, 7) is 12.2. The summed E-state index contributed by atoms with van der Waals surface area (Å²) in [6.07, 6.45) is 3.74. The fourth-order valence-electron chi connectivity index (χ4n) is 1.53. The topological polar surface area (TPSA) is 21.3 Å². The summed E-state index contributed by atoms with van der Waals surface area (Å²) < 4.78 is 5.11. The van der Waals surface area contributed by atoms with Gasteiger partial charge < -0.3 is 10.1 Å². The maximum absolute atomic E-state index is 5.11. The van der Waals surface area contributed by atoms with E-state index in [0.29, 0.717) is 5.41 Å². The molecule has 0 aromatic carbocycles. The Morgan fingerprint density at radius 3 is 2.47 bits per heavy atom. The Morgan fingerprint density at radius 2 is 1.93 bits per heavy atom. The molecule has 0 atom stereocenters. The molecule has 2 heteroatoms.